The summed E-state index contributed by atoms with van der Waals surface area (Å²) >= 11 is 0. The molecule has 0 fully saturated rings. The maximum Gasteiger partial charge on any atom is 0.335 e. The number of ether oxygens (including phenoxy) is 1. The molecule has 1 heterocycles. The van der Waals surface area contributed by atoms with Crippen LogP contribution in [0, 0.1) is 0 Å². The van der Waals surface area contributed by atoms with Crippen LogP contribution in [0.4, 0.5) is 0 Å². The van der Waals surface area contributed by atoms with Crippen molar-refractivity contribution in [2.45, 2.75) is 26.6 Å². The second-order valence-electron chi connectivity index (χ2n) is 5.85. The Bertz CT molecular complexity index is 898. The van der Waals surface area contributed by atoms with E-state index in [9.17, 15) is 4.79 Å². The summed E-state index contributed by atoms with van der Waals surface area (Å²) in [5.41, 5.74) is 2.10. The Balaban J connectivity index is 2.08. The molecule has 0 saturated carbocycles. The van der Waals surface area contributed by atoms with Gasteiger partial charge in [-0.25, -0.2) is 14.8 Å². The van der Waals surface area contributed by atoms with Gasteiger partial charge in [-0.2, -0.15) is 0 Å². The Labute approximate surface area is 146 Å². The zero-order valence-electron chi connectivity index (χ0n) is 14.6. The quantitative estimate of drug-likeness (QED) is 0.673. The van der Waals surface area contributed by atoms with Gasteiger partial charge in [-0.05, 0) is 32.9 Å². The third kappa shape index (κ3) is 3.31. The average Bonchev–Trinajstić information content (AvgIpc) is 3.01. The molecule has 2 aromatic rings. The van der Waals surface area contributed by atoms with E-state index >= 15 is 0 Å². The van der Waals surface area contributed by atoms with Crippen molar-refractivity contribution in [1.82, 2.24) is 5.32 Å². The summed E-state index contributed by atoms with van der Waals surface area (Å²) < 4.78 is 5.09. The molecule has 0 saturated heterocycles. The predicted molar refractivity (Wildman–Crippen MR) is 95.0 cm³/mol. The molecule has 0 aliphatic carbocycles. The van der Waals surface area contributed by atoms with Crippen LogP contribution in [0.25, 0.3) is 0 Å². The summed E-state index contributed by atoms with van der Waals surface area (Å²) in [6.07, 6.45) is 0. The van der Waals surface area contributed by atoms with Crippen LogP contribution in [-0.2, 0) is 15.3 Å². The SMILES string of the molecule is CCOC(=O)/C(C)=C(/C)NC1(c2ccccc2)N=c2ccccc2=N1. The normalized spacial score (nSPS) is 15.3. The first kappa shape index (κ1) is 16.9. The van der Waals surface area contributed by atoms with Crippen molar-refractivity contribution in [3.05, 3.63) is 82.1 Å². The summed E-state index contributed by atoms with van der Waals surface area (Å²) in [6.45, 7) is 5.71. The standard InChI is InChI=1S/C20H21N3O2/c1-4-25-19(24)14(2)15(3)21-20(16-10-6-5-7-11-16)22-17-12-8-9-13-18(17)23-20/h5-13,21H,4H2,1-3H3/b15-14-. The molecule has 0 amide bonds. The second kappa shape index (κ2) is 6.89. The molecule has 0 aromatic heterocycles. The van der Waals surface area contributed by atoms with Gasteiger partial charge in [0.05, 0.1) is 22.9 Å². The van der Waals surface area contributed by atoms with Crippen molar-refractivity contribution in [2.24, 2.45) is 9.98 Å². The highest BCUT2D eigenvalue weighted by Gasteiger charge is 2.34. The van der Waals surface area contributed by atoms with Crippen molar-refractivity contribution >= 4 is 5.97 Å². The first-order valence-electron chi connectivity index (χ1n) is 8.29. The monoisotopic (exact) mass is 335 g/mol. The minimum atomic E-state index is -0.983. The smallest absolute Gasteiger partial charge is 0.335 e. The summed E-state index contributed by atoms with van der Waals surface area (Å²) in [5, 5.41) is 4.98. The maximum absolute atomic E-state index is 12.0. The van der Waals surface area contributed by atoms with Crippen LogP contribution in [0.15, 0.2) is 75.9 Å². The molecule has 0 bridgehead atoms. The second-order valence-corrected chi connectivity index (χ2v) is 5.85. The molecular formula is C20H21N3O2. The predicted octanol–water partition coefficient (Wildman–Crippen LogP) is 2.20. The minimum absolute atomic E-state index is 0.341. The van der Waals surface area contributed by atoms with Gasteiger partial charge in [-0.3, -0.25) is 0 Å². The van der Waals surface area contributed by atoms with E-state index in [1.807, 2.05) is 61.5 Å². The van der Waals surface area contributed by atoms with Gasteiger partial charge in [0.2, 0.25) is 0 Å². The van der Waals surface area contributed by atoms with Crippen molar-refractivity contribution in [3.63, 3.8) is 0 Å². The lowest BCUT2D eigenvalue weighted by Crippen LogP contribution is -2.38. The zero-order chi connectivity index (χ0) is 17.9. The Morgan fingerprint density at radius 3 is 2.12 bits per heavy atom. The van der Waals surface area contributed by atoms with E-state index in [-0.39, 0.29) is 5.97 Å². The molecule has 1 aliphatic heterocycles. The fourth-order valence-corrected chi connectivity index (χ4v) is 2.70. The Hall–Kier alpha value is -2.95. The number of nitrogens with one attached hydrogen (secondary N) is 1. The van der Waals surface area contributed by atoms with Crippen LogP contribution in [-0.4, -0.2) is 12.6 Å². The van der Waals surface area contributed by atoms with Crippen LogP contribution < -0.4 is 16.0 Å². The summed E-state index contributed by atoms with van der Waals surface area (Å²) in [7, 11) is 0. The van der Waals surface area contributed by atoms with Gasteiger partial charge in [0.15, 0.2) is 0 Å². The molecule has 25 heavy (non-hydrogen) atoms. The molecule has 0 unspecified atom stereocenters. The van der Waals surface area contributed by atoms with E-state index in [2.05, 4.69) is 5.32 Å². The van der Waals surface area contributed by atoms with Crippen molar-refractivity contribution in [2.75, 3.05) is 6.61 Å². The zero-order valence-corrected chi connectivity index (χ0v) is 14.6. The molecule has 0 radical (unpaired) electrons. The van der Waals surface area contributed by atoms with Crippen LogP contribution in [0.1, 0.15) is 26.3 Å². The maximum atomic E-state index is 12.0. The number of carbonyl (C=O) groups is 1. The topological polar surface area (TPSA) is 63.0 Å². The highest BCUT2D eigenvalue weighted by Crippen LogP contribution is 2.27. The third-order valence-electron chi connectivity index (χ3n) is 4.13. The molecular weight excluding hydrogens is 314 g/mol. The largest absolute Gasteiger partial charge is 0.463 e. The number of para-hydroxylation sites is 2. The molecule has 5 heteroatoms. The number of hydrogen-bond donors (Lipinski definition) is 1. The van der Waals surface area contributed by atoms with Gasteiger partial charge >= 0.3 is 5.97 Å². The van der Waals surface area contributed by atoms with E-state index in [1.54, 1.807) is 13.8 Å². The lowest BCUT2D eigenvalue weighted by atomic mass is 10.1. The molecule has 0 atom stereocenters. The van der Waals surface area contributed by atoms with E-state index in [0.717, 1.165) is 16.3 Å². The van der Waals surface area contributed by atoms with E-state index < -0.39 is 5.79 Å². The number of rotatable bonds is 5. The third-order valence-corrected chi connectivity index (χ3v) is 4.13. The number of carbonyl (C=O) groups excluding carboxylic acids is 1. The number of nitrogens with zero attached hydrogens (tertiary/aromatic N) is 2. The molecule has 0 spiro atoms. The van der Waals surface area contributed by atoms with E-state index in [0.29, 0.717) is 17.9 Å². The Kier molecular flexibility index (Phi) is 4.65. The number of allylic oxidation sites excluding steroid dienone is 1. The molecule has 1 aliphatic rings. The number of fused-ring (bicyclic) bond motifs is 1. The molecule has 5 nitrogen and oxygen atoms in total. The van der Waals surface area contributed by atoms with Gasteiger partial charge in [-0.15, -0.1) is 0 Å². The van der Waals surface area contributed by atoms with Gasteiger partial charge in [0.25, 0.3) is 5.79 Å². The van der Waals surface area contributed by atoms with Gasteiger partial charge in [0.1, 0.15) is 0 Å². The highest BCUT2D eigenvalue weighted by molar-refractivity contribution is 5.88. The van der Waals surface area contributed by atoms with E-state index in [4.69, 9.17) is 14.7 Å². The molecule has 2 aromatic carbocycles. The lowest BCUT2D eigenvalue weighted by molar-refractivity contribution is -0.138. The Morgan fingerprint density at radius 1 is 1.00 bits per heavy atom. The fourth-order valence-electron chi connectivity index (χ4n) is 2.70. The van der Waals surface area contributed by atoms with Crippen LogP contribution in [0.3, 0.4) is 0 Å². The first-order chi connectivity index (χ1) is 12.1. The van der Waals surface area contributed by atoms with Crippen molar-refractivity contribution < 1.29 is 9.53 Å². The van der Waals surface area contributed by atoms with Gasteiger partial charge < -0.3 is 10.1 Å². The summed E-state index contributed by atoms with van der Waals surface area (Å²) in [4.78, 5) is 21.7. The molecule has 128 valence electrons. The number of esters is 1. The molecule has 3 rings (SSSR count). The number of hydrogen-bond acceptors (Lipinski definition) is 5. The first-order valence-corrected chi connectivity index (χ1v) is 8.29. The lowest BCUT2D eigenvalue weighted by Gasteiger charge is -2.27. The van der Waals surface area contributed by atoms with Crippen LogP contribution in [0.5, 0.6) is 0 Å². The minimum Gasteiger partial charge on any atom is -0.463 e. The average molecular weight is 335 g/mol. The van der Waals surface area contributed by atoms with Gasteiger partial charge in [0, 0.05) is 11.3 Å². The van der Waals surface area contributed by atoms with Crippen LogP contribution >= 0.6 is 0 Å². The molecule has 1 N–H and O–H groups in total. The van der Waals surface area contributed by atoms with Gasteiger partial charge in [-0.1, -0.05) is 42.5 Å². The summed E-state index contributed by atoms with van der Waals surface area (Å²) in [5.74, 6) is -1.32. The van der Waals surface area contributed by atoms with Crippen molar-refractivity contribution in [3.8, 4) is 0 Å². The number of benzene rings is 2. The highest BCUT2D eigenvalue weighted by atomic mass is 16.5. The Morgan fingerprint density at radius 2 is 1.56 bits per heavy atom. The van der Waals surface area contributed by atoms with Crippen molar-refractivity contribution in [1.29, 1.82) is 0 Å². The van der Waals surface area contributed by atoms with Crippen LogP contribution in [0.2, 0.25) is 0 Å². The summed E-state index contributed by atoms with van der Waals surface area (Å²) in [6, 6.07) is 17.5. The fraction of sp³-hybridized carbons (Fsp3) is 0.250. The van der Waals surface area contributed by atoms with E-state index in [1.165, 1.54) is 0 Å².